The van der Waals surface area contributed by atoms with Gasteiger partial charge in [0.2, 0.25) is 0 Å². The van der Waals surface area contributed by atoms with Gasteiger partial charge in [-0.1, -0.05) is 86.7 Å². The highest BCUT2D eigenvalue weighted by Crippen LogP contribution is 2.22. The van der Waals surface area contributed by atoms with E-state index in [0.29, 0.717) is 0 Å². The monoisotopic (exact) mass is 302 g/mol. The van der Waals surface area contributed by atoms with Crippen LogP contribution in [0.2, 0.25) is 0 Å². The van der Waals surface area contributed by atoms with Crippen molar-refractivity contribution in [3.63, 3.8) is 0 Å². The van der Waals surface area contributed by atoms with Crippen molar-refractivity contribution in [3.05, 3.63) is 95.6 Å². The Morgan fingerprint density at radius 3 is 2.30 bits per heavy atom. The van der Waals surface area contributed by atoms with Crippen molar-refractivity contribution in [2.75, 3.05) is 0 Å². The summed E-state index contributed by atoms with van der Waals surface area (Å²) in [6, 6.07) is 17.2. The van der Waals surface area contributed by atoms with Crippen molar-refractivity contribution in [1.82, 2.24) is 0 Å². The van der Waals surface area contributed by atoms with Crippen LogP contribution in [0.4, 0.5) is 0 Å². The predicted octanol–water partition coefficient (Wildman–Crippen LogP) is 6.62. The van der Waals surface area contributed by atoms with E-state index in [0.717, 1.165) is 12.0 Å². The summed E-state index contributed by atoms with van der Waals surface area (Å²) in [5.41, 5.74) is 7.41. The fourth-order valence-electron chi connectivity index (χ4n) is 2.70. The van der Waals surface area contributed by atoms with Crippen molar-refractivity contribution >= 4 is 11.1 Å². The molecule has 118 valence electrons. The second-order valence-electron chi connectivity index (χ2n) is 5.86. The van der Waals surface area contributed by atoms with Crippen molar-refractivity contribution in [1.29, 1.82) is 0 Å². The summed E-state index contributed by atoms with van der Waals surface area (Å²) in [5, 5.41) is 0. The van der Waals surface area contributed by atoms with Gasteiger partial charge in [0.25, 0.3) is 0 Å². The third-order valence-electron chi connectivity index (χ3n) is 4.09. The number of allylic oxidation sites excluding steroid dienone is 5. The number of hydrogen-bond acceptors (Lipinski definition) is 0. The van der Waals surface area contributed by atoms with Gasteiger partial charge in [0, 0.05) is 0 Å². The van der Waals surface area contributed by atoms with Gasteiger partial charge in [0.05, 0.1) is 0 Å². The molecule has 0 nitrogen and oxygen atoms in total. The highest BCUT2D eigenvalue weighted by Gasteiger charge is 2.01. The van der Waals surface area contributed by atoms with Crippen LogP contribution in [0.15, 0.2) is 73.3 Å². The minimum atomic E-state index is 1.04. The van der Waals surface area contributed by atoms with Crippen molar-refractivity contribution in [2.45, 2.75) is 33.6 Å². The minimum Gasteiger partial charge on any atom is -0.0912 e. The molecule has 0 saturated heterocycles. The van der Waals surface area contributed by atoms with Crippen LogP contribution in [0.3, 0.4) is 0 Å². The second-order valence-corrected chi connectivity index (χ2v) is 5.86. The first-order valence-electron chi connectivity index (χ1n) is 8.34. The molecule has 2 aromatic rings. The van der Waals surface area contributed by atoms with E-state index >= 15 is 0 Å². The third kappa shape index (κ3) is 4.56. The van der Waals surface area contributed by atoms with E-state index in [9.17, 15) is 0 Å². The first-order valence-corrected chi connectivity index (χ1v) is 8.34. The molecule has 0 aliphatic rings. The van der Waals surface area contributed by atoms with Gasteiger partial charge in [0.1, 0.15) is 0 Å². The Hall–Kier alpha value is -2.34. The molecular formula is C23H26. The maximum Gasteiger partial charge on any atom is -0.0158 e. The van der Waals surface area contributed by atoms with Crippen LogP contribution in [0, 0.1) is 6.92 Å². The molecule has 0 unspecified atom stereocenters. The molecule has 23 heavy (non-hydrogen) atoms. The van der Waals surface area contributed by atoms with Crippen molar-refractivity contribution < 1.29 is 0 Å². The van der Waals surface area contributed by atoms with Crippen LogP contribution < -0.4 is 0 Å². The molecule has 0 saturated carbocycles. The van der Waals surface area contributed by atoms with Crippen LogP contribution in [0.1, 0.15) is 42.5 Å². The van der Waals surface area contributed by atoms with E-state index in [4.69, 9.17) is 0 Å². The molecule has 0 amide bonds. The summed E-state index contributed by atoms with van der Waals surface area (Å²) in [6.45, 7) is 10.6. The van der Waals surface area contributed by atoms with Gasteiger partial charge in [-0.2, -0.15) is 0 Å². The Kier molecular flexibility index (Phi) is 6.17. The second kappa shape index (κ2) is 8.33. The molecule has 0 aliphatic carbocycles. The topological polar surface area (TPSA) is 0 Å². The summed E-state index contributed by atoms with van der Waals surface area (Å²) in [6.07, 6.45) is 8.73. The number of aryl methyl sites for hydroxylation is 2. The smallest absolute Gasteiger partial charge is 0.0158 e. The molecule has 0 atom stereocenters. The number of rotatable bonds is 6. The molecule has 0 aromatic heterocycles. The molecule has 0 fully saturated rings. The van der Waals surface area contributed by atoms with Gasteiger partial charge < -0.3 is 0 Å². The Balaban J connectivity index is 2.15. The Morgan fingerprint density at radius 2 is 1.70 bits per heavy atom. The molecule has 0 aliphatic heterocycles. The quantitative estimate of drug-likeness (QED) is 0.526. The maximum absolute atomic E-state index is 4.21. The Morgan fingerprint density at radius 1 is 1.00 bits per heavy atom. The molecular weight excluding hydrogens is 276 g/mol. The van der Waals surface area contributed by atoms with E-state index in [2.05, 4.69) is 94.1 Å². The fourth-order valence-corrected chi connectivity index (χ4v) is 2.70. The SMILES string of the molecule is C=C(/C=C/C(=C/C)c1ccccc1C)c1ccc(CCC)cc1. The highest BCUT2D eigenvalue weighted by atomic mass is 14.1. The molecule has 0 N–H and O–H groups in total. The van der Waals surface area contributed by atoms with Crippen molar-refractivity contribution in [2.24, 2.45) is 0 Å². The lowest BCUT2D eigenvalue weighted by Gasteiger charge is -2.07. The van der Waals surface area contributed by atoms with Gasteiger partial charge in [0.15, 0.2) is 0 Å². The normalized spacial score (nSPS) is 11.9. The lowest BCUT2D eigenvalue weighted by atomic mass is 9.98. The van der Waals surface area contributed by atoms with Crippen LogP contribution >= 0.6 is 0 Å². The van der Waals surface area contributed by atoms with E-state index in [-0.39, 0.29) is 0 Å². The van der Waals surface area contributed by atoms with Crippen LogP contribution in [0.25, 0.3) is 11.1 Å². The van der Waals surface area contributed by atoms with E-state index in [1.54, 1.807) is 0 Å². The third-order valence-corrected chi connectivity index (χ3v) is 4.09. The molecule has 2 aromatic carbocycles. The van der Waals surface area contributed by atoms with Crippen LogP contribution in [0.5, 0.6) is 0 Å². The molecule has 0 heterocycles. The zero-order valence-electron chi connectivity index (χ0n) is 14.5. The van der Waals surface area contributed by atoms with E-state index in [1.807, 2.05) is 0 Å². The fraction of sp³-hybridized carbons (Fsp3) is 0.217. The molecule has 2 rings (SSSR count). The summed E-state index contributed by atoms with van der Waals surface area (Å²) < 4.78 is 0. The number of benzene rings is 2. The summed E-state index contributed by atoms with van der Waals surface area (Å²) in [5.74, 6) is 0. The Bertz CT molecular complexity index is 712. The molecule has 0 radical (unpaired) electrons. The zero-order chi connectivity index (χ0) is 16.7. The summed E-state index contributed by atoms with van der Waals surface area (Å²) >= 11 is 0. The van der Waals surface area contributed by atoms with Crippen molar-refractivity contribution in [3.8, 4) is 0 Å². The zero-order valence-corrected chi connectivity index (χ0v) is 14.5. The largest absolute Gasteiger partial charge is 0.0912 e. The minimum absolute atomic E-state index is 1.04. The molecule has 0 heteroatoms. The van der Waals surface area contributed by atoms with Gasteiger partial charge >= 0.3 is 0 Å². The Labute approximate surface area is 140 Å². The first kappa shape index (κ1) is 17.0. The van der Waals surface area contributed by atoms with E-state index in [1.165, 1.54) is 34.2 Å². The molecule has 0 bridgehead atoms. The first-order chi connectivity index (χ1) is 11.2. The highest BCUT2D eigenvalue weighted by molar-refractivity contribution is 5.81. The molecule has 0 spiro atoms. The van der Waals surface area contributed by atoms with E-state index < -0.39 is 0 Å². The van der Waals surface area contributed by atoms with Gasteiger partial charge in [-0.25, -0.2) is 0 Å². The predicted molar refractivity (Wildman–Crippen MR) is 103 cm³/mol. The number of hydrogen-bond donors (Lipinski definition) is 0. The standard InChI is InChI=1S/C23H26/c1-5-9-20-13-16-22(17-14-20)18(3)12-15-21(6-2)23-11-8-7-10-19(23)4/h6-8,10-17H,3,5,9H2,1-2,4H3/b15-12+,21-6-. The van der Waals surface area contributed by atoms with Gasteiger partial charge in [-0.3, -0.25) is 0 Å². The van der Waals surface area contributed by atoms with Gasteiger partial charge in [-0.15, -0.1) is 0 Å². The summed E-state index contributed by atoms with van der Waals surface area (Å²) in [4.78, 5) is 0. The summed E-state index contributed by atoms with van der Waals surface area (Å²) in [7, 11) is 0. The average Bonchev–Trinajstić information content (AvgIpc) is 2.57. The van der Waals surface area contributed by atoms with Crippen LogP contribution in [-0.2, 0) is 6.42 Å². The van der Waals surface area contributed by atoms with Gasteiger partial charge in [-0.05, 0) is 53.7 Å². The lowest BCUT2D eigenvalue weighted by molar-refractivity contribution is 0.922. The maximum atomic E-state index is 4.21. The average molecular weight is 302 g/mol. The van der Waals surface area contributed by atoms with Crippen LogP contribution in [-0.4, -0.2) is 0 Å². The lowest BCUT2D eigenvalue weighted by Crippen LogP contribution is -1.87.